The van der Waals surface area contributed by atoms with Crippen LogP contribution in [0.1, 0.15) is 22.8 Å². The fraction of sp³-hybridized carbons (Fsp3) is 0.462. The number of methoxy groups -OCH3 is 1. The number of nitrogens with two attached hydrogens (primary N) is 1. The molecule has 3 N–H and O–H groups in total. The summed E-state index contributed by atoms with van der Waals surface area (Å²) in [5.41, 5.74) is 0.876. The first-order chi connectivity index (χ1) is 9.66. The fourth-order valence-electron chi connectivity index (χ4n) is 1.79. The molecular weight excluding hydrogens is 360 g/mol. The van der Waals surface area contributed by atoms with E-state index in [4.69, 9.17) is 9.88 Å². The van der Waals surface area contributed by atoms with Crippen LogP contribution in [0.4, 0.5) is 0 Å². The van der Waals surface area contributed by atoms with Crippen LogP contribution in [0, 0.1) is 12.8 Å². The topological polar surface area (TPSA) is 98.5 Å². The lowest BCUT2D eigenvalue weighted by Crippen LogP contribution is -2.30. The molecule has 118 valence electrons. The highest BCUT2D eigenvalue weighted by Gasteiger charge is 2.18. The second kappa shape index (κ2) is 7.35. The quantitative estimate of drug-likeness (QED) is 0.781. The summed E-state index contributed by atoms with van der Waals surface area (Å²) in [6.07, 6.45) is 0. The third kappa shape index (κ3) is 5.06. The Morgan fingerprint density at radius 2 is 2.10 bits per heavy atom. The molecule has 0 aliphatic heterocycles. The second-order valence-corrected chi connectivity index (χ2v) is 7.24. The molecule has 1 aromatic rings. The first kappa shape index (κ1) is 18.1. The van der Waals surface area contributed by atoms with Crippen LogP contribution in [0.5, 0.6) is 0 Å². The fourth-order valence-corrected chi connectivity index (χ4v) is 3.40. The third-order valence-electron chi connectivity index (χ3n) is 2.85. The molecule has 1 aromatic carbocycles. The van der Waals surface area contributed by atoms with E-state index in [0.717, 1.165) is 0 Å². The standard InChI is InChI=1S/C13H19BrN2O4S/c1-8(7-20-3)6-16-13(17)10-4-9(2)12(14)11(5-10)21(15,18)19/h4-5,8H,6-7H2,1-3H3,(H,16,17)(H2,15,18,19). The van der Waals surface area contributed by atoms with Gasteiger partial charge in [0.05, 0.1) is 11.5 Å². The smallest absolute Gasteiger partial charge is 0.251 e. The highest BCUT2D eigenvalue weighted by Crippen LogP contribution is 2.26. The Kier molecular flexibility index (Phi) is 6.33. The van der Waals surface area contributed by atoms with Gasteiger partial charge in [0, 0.05) is 23.7 Å². The van der Waals surface area contributed by atoms with E-state index in [1.165, 1.54) is 6.07 Å². The van der Waals surface area contributed by atoms with Gasteiger partial charge in [-0.05, 0) is 46.5 Å². The highest BCUT2D eigenvalue weighted by molar-refractivity contribution is 9.10. The number of benzene rings is 1. The van der Waals surface area contributed by atoms with Crippen molar-refractivity contribution in [3.63, 3.8) is 0 Å². The zero-order chi connectivity index (χ0) is 16.2. The van der Waals surface area contributed by atoms with E-state index in [1.807, 2.05) is 6.92 Å². The van der Waals surface area contributed by atoms with Crippen LogP contribution in [0.3, 0.4) is 0 Å². The molecule has 0 aromatic heterocycles. The summed E-state index contributed by atoms with van der Waals surface area (Å²) in [7, 11) is -2.31. The summed E-state index contributed by atoms with van der Waals surface area (Å²) in [4.78, 5) is 12.0. The molecule has 0 heterocycles. The highest BCUT2D eigenvalue weighted by atomic mass is 79.9. The average molecular weight is 379 g/mol. The van der Waals surface area contributed by atoms with Crippen LogP contribution in [0.2, 0.25) is 0 Å². The second-order valence-electron chi connectivity index (χ2n) is 4.92. The minimum absolute atomic E-state index is 0.0995. The summed E-state index contributed by atoms with van der Waals surface area (Å²) in [6.45, 7) is 4.60. The molecule has 1 amide bonds. The number of halogens is 1. The van der Waals surface area contributed by atoms with E-state index >= 15 is 0 Å². The molecule has 0 radical (unpaired) electrons. The third-order valence-corrected chi connectivity index (χ3v) is 5.10. The number of hydrogen-bond donors (Lipinski definition) is 2. The number of carbonyl (C=O) groups excluding carboxylic acids is 1. The summed E-state index contributed by atoms with van der Waals surface area (Å²) >= 11 is 3.17. The van der Waals surface area contributed by atoms with Gasteiger partial charge >= 0.3 is 0 Å². The maximum Gasteiger partial charge on any atom is 0.251 e. The molecule has 0 saturated heterocycles. The largest absolute Gasteiger partial charge is 0.384 e. The maximum atomic E-state index is 12.1. The van der Waals surface area contributed by atoms with Crippen LogP contribution < -0.4 is 10.5 Å². The molecule has 0 saturated carbocycles. The van der Waals surface area contributed by atoms with Crippen LogP contribution in [-0.2, 0) is 14.8 Å². The molecule has 6 nitrogen and oxygen atoms in total. The normalized spacial score (nSPS) is 13.0. The van der Waals surface area contributed by atoms with Crippen LogP contribution >= 0.6 is 15.9 Å². The van der Waals surface area contributed by atoms with Crippen LogP contribution in [0.25, 0.3) is 0 Å². The molecular formula is C13H19BrN2O4S. The lowest BCUT2D eigenvalue weighted by Gasteiger charge is -2.13. The molecule has 21 heavy (non-hydrogen) atoms. The van der Waals surface area contributed by atoms with Gasteiger partial charge < -0.3 is 10.1 Å². The Balaban J connectivity index is 2.99. The Bertz CT molecular complexity index is 631. The number of ether oxygens (including phenoxy) is 1. The molecule has 0 spiro atoms. The number of nitrogens with one attached hydrogen (secondary N) is 1. The summed E-state index contributed by atoms with van der Waals surface area (Å²) in [6, 6.07) is 2.87. The Morgan fingerprint density at radius 3 is 2.62 bits per heavy atom. The number of aryl methyl sites for hydroxylation is 1. The first-order valence-corrected chi connectivity index (χ1v) is 8.60. The van der Waals surface area contributed by atoms with E-state index in [1.54, 1.807) is 20.1 Å². The Labute approximate surface area is 133 Å². The van der Waals surface area contributed by atoms with Crippen molar-refractivity contribution in [2.24, 2.45) is 11.1 Å². The summed E-state index contributed by atoms with van der Waals surface area (Å²) in [5, 5.41) is 7.89. The van der Waals surface area contributed by atoms with Crippen molar-refractivity contribution in [3.05, 3.63) is 27.7 Å². The Hall–Kier alpha value is -0.960. The molecule has 1 rings (SSSR count). The Morgan fingerprint density at radius 1 is 1.48 bits per heavy atom. The van der Waals surface area contributed by atoms with Gasteiger partial charge in [0.15, 0.2) is 0 Å². The van der Waals surface area contributed by atoms with Gasteiger partial charge in [-0.15, -0.1) is 0 Å². The van der Waals surface area contributed by atoms with Gasteiger partial charge in [0.25, 0.3) is 5.91 Å². The first-order valence-electron chi connectivity index (χ1n) is 6.27. The number of carbonyl (C=O) groups is 1. The molecule has 0 aliphatic rings. The van der Waals surface area contributed by atoms with E-state index < -0.39 is 10.0 Å². The molecule has 1 unspecified atom stereocenters. The number of primary sulfonamides is 1. The zero-order valence-corrected chi connectivity index (χ0v) is 14.5. The number of amides is 1. The molecule has 0 bridgehead atoms. The van der Waals surface area contributed by atoms with E-state index in [-0.39, 0.29) is 22.3 Å². The SMILES string of the molecule is COCC(C)CNC(=O)c1cc(C)c(Br)c(S(N)(=O)=O)c1. The monoisotopic (exact) mass is 378 g/mol. The van der Waals surface area contributed by atoms with E-state index in [2.05, 4.69) is 21.2 Å². The van der Waals surface area contributed by atoms with Crippen molar-refractivity contribution in [1.29, 1.82) is 0 Å². The number of rotatable bonds is 6. The van der Waals surface area contributed by atoms with Crippen molar-refractivity contribution in [3.8, 4) is 0 Å². The van der Waals surface area contributed by atoms with E-state index in [9.17, 15) is 13.2 Å². The summed E-state index contributed by atoms with van der Waals surface area (Å²) in [5.74, 6) is -0.188. The van der Waals surface area contributed by atoms with Crippen molar-refractivity contribution >= 4 is 31.9 Å². The van der Waals surface area contributed by atoms with Gasteiger partial charge in [-0.2, -0.15) is 0 Å². The summed E-state index contributed by atoms with van der Waals surface area (Å²) < 4.78 is 28.4. The zero-order valence-electron chi connectivity index (χ0n) is 12.1. The van der Waals surface area contributed by atoms with Gasteiger partial charge in [-0.1, -0.05) is 6.92 Å². The molecule has 1 atom stereocenters. The van der Waals surface area contributed by atoms with Gasteiger partial charge in [0.1, 0.15) is 0 Å². The number of hydrogen-bond acceptors (Lipinski definition) is 4. The van der Waals surface area contributed by atoms with E-state index in [0.29, 0.717) is 23.2 Å². The van der Waals surface area contributed by atoms with Gasteiger partial charge in [0.2, 0.25) is 10.0 Å². The van der Waals surface area contributed by atoms with Crippen molar-refractivity contribution in [1.82, 2.24) is 5.32 Å². The van der Waals surface area contributed by atoms with Gasteiger partial charge in [-0.3, -0.25) is 4.79 Å². The van der Waals surface area contributed by atoms with Crippen LogP contribution in [-0.4, -0.2) is 34.6 Å². The lowest BCUT2D eigenvalue weighted by molar-refractivity contribution is 0.0933. The predicted molar refractivity (Wildman–Crippen MR) is 83.6 cm³/mol. The molecule has 8 heteroatoms. The maximum absolute atomic E-state index is 12.1. The van der Waals surface area contributed by atoms with Gasteiger partial charge in [-0.25, -0.2) is 13.6 Å². The minimum Gasteiger partial charge on any atom is -0.384 e. The predicted octanol–water partition coefficient (Wildman–Crippen LogP) is 1.42. The van der Waals surface area contributed by atoms with Crippen molar-refractivity contribution < 1.29 is 17.9 Å². The number of sulfonamides is 1. The lowest BCUT2D eigenvalue weighted by atomic mass is 10.1. The van der Waals surface area contributed by atoms with Crippen molar-refractivity contribution in [2.75, 3.05) is 20.3 Å². The molecule has 0 fully saturated rings. The minimum atomic E-state index is -3.90. The van der Waals surface area contributed by atoms with Crippen LogP contribution in [0.15, 0.2) is 21.5 Å². The van der Waals surface area contributed by atoms with Crippen molar-refractivity contribution in [2.45, 2.75) is 18.7 Å². The molecule has 0 aliphatic carbocycles. The average Bonchev–Trinajstić information content (AvgIpc) is 2.38.